The maximum absolute atomic E-state index is 12.3. The van der Waals surface area contributed by atoms with Gasteiger partial charge in [-0.25, -0.2) is 4.79 Å². The first-order valence-corrected chi connectivity index (χ1v) is 8.12. The summed E-state index contributed by atoms with van der Waals surface area (Å²) in [5, 5.41) is 33.0. The molecule has 0 aliphatic heterocycles. The van der Waals surface area contributed by atoms with Crippen molar-refractivity contribution in [2.24, 2.45) is 11.7 Å². The number of rotatable bonds is 11. The minimum Gasteiger partial charge on any atom is -0.481 e. The molecule has 0 saturated heterocycles. The van der Waals surface area contributed by atoms with Crippen LogP contribution in [0.2, 0.25) is 0 Å². The maximum Gasteiger partial charge on any atom is 0.328 e. The summed E-state index contributed by atoms with van der Waals surface area (Å²) >= 11 is 0. The summed E-state index contributed by atoms with van der Waals surface area (Å²) in [6, 6.07) is -5.12. The Bertz CT molecular complexity index is 580. The van der Waals surface area contributed by atoms with Crippen molar-refractivity contribution in [1.29, 1.82) is 0 Å². The maximum atomic E-state index is 12.3. The summed E-state index contributed by atoms with van der Waals surface area (Å²) in [7, 11) is 0. The van der Waals surface area contributed by atoms with E-state index in [1.165, 1.54) is 6.92 Å². The number of carboxylic acid groups (broad SMARTS) is 2. The van der Waals surface area contributed by atoms with Crippen LogP contribution in [0.4, 0.5) is 0 Å². The quantitative estimate of drug-likeness (QED) is 0.191. The van der Waals surface area contributed by atoms with Crippen LogP contribution in [0.1, 0.15) is 27.2 Å². The second-order valence-corrected chi connectivity index (χ2v) is 6.25. The molecule has 0 radical (unpaired) electrons. The number of aliphatic hydroxyl groups is 1. The lowest BCUT2D eigenvalue weighted by Gasteiger charge is -2.25. The molecule has 0 saturated carbocycles. The average molecular weight is 390 g/mol. The number of carboxylic acids is 2. The first-order chi connectivity index (χ1) is 12.4. The Kier molecular flexibility index (Phi) is 9.96. The van der Waals surface area contributed by atoms with Gasteiger partial charge in [-0.15, -0.1) is 0 Å². The molecule has 3 amide bonds. The van der Waals surface area contributed by atoms with Gasteiger partial charge in [0.2, 0.25) is 17.7 Å². The van der Waals surface area contributed by atoms with Crippen molar-refractivity contribution in [2.45, 2.75) is 51.4 Å². The molecule has 0 aromatic heterocycles. The molecule has 0 spiro atoms. The van der Waals surface area contributed by atoms with E-state index in [2.05, 4.69) is 10.6 Å². The van der Waals surface area contributed by atoms with E-state index in [1.807, 2.05) is 5.32 Å². The molecule has 12 heteroatoms. The number of carbonyl (C=O) groups excluding carboxylic acids is 3. The van der Waals surface area contributed by atoms with Gasteiger partial charge in [0.25, 0.3) is 0 Å². The molecule has 0 fully saturated rings. The average Bonchev–Trinajstić information content (AvgIpc) is 2.55. The Morgan fingerprint density at radius 3 is 1.85 bits per heavy atom. The number of hydrogen-bond donors (Lipinski definition) is 7. The van der Waals surface area contributed by atoms with E-state index in [9.17, 15) is 24.0 Å². The van der Waals surface area contributed by atoms with E-state index in [-0.39, 0.29) is 0 Å². The molecule has 0 aliphatic rings. The van der Waals surface area contributed by atoms with Crippen molar-refractivity contribution in [3.63, 3.8) is 0 Å². The van der Waals surface area contributed by atoms with Crippen LogP contribution in [0.15, 0.2) is 0 Å². The Labute approximate surface area is 155 Å². The summed E-state index contributed by atoms with van der Waals surface area (Å²) < 4.78 is 0. The third-order valence-corrected chi connectivity index (χ3v) is 3.53. The second-order valence-electron chi connectivity index (χ2n) is 6.25. The fraction of sp³-hybridized carbons (Fsp3) is 0.667. The molecular formula is C15H26N4O8. The van der Waals surface area contributed by atoms with Gasteiger partial charge in [-0.2, -0.15) is 0 Å². The van der Waals surface area contributed by atoms with E-state index >= 15 is 0 Å². The fourth-order valence-electron chi connectivity index (χ4n) is 1.93. The molecule has 0 aromatic carbocycles. The van der Waals surface area contributed by atoms with Gasteiger partial charge in [0.15, 0.2) is 0 Å². The van der Waals surface area contributed by atoms with Crippen molar-refractivity contribution in [2.75, 3.05) is 6.61 Å². The Hall–Kier alpha value is -2.73. The van der Waals surface area contributed by atoms with Crippen LogP contribution in [-0.2, 0) is 24.0 Å². The molecule has 0 bridgehead atoms. The van der Waals surface area contributed by atoms with Crippen LogP contribution in [0.3, 0.4) is 0 Å². The number of amides is 3. The highest BCUT2D eigenvalue weighted by Crippen LogP contribution is 2.04. The van der Waals surface area contributed by atoms with Crippen molar-refractivity contribution in [3.05, 3.63) is 0 Å². The molecule has 0 aliphatic carbocycles. The number of nitrogens with one attached hydrogen (secondary N) is 3. The Morgan fingerprint density at radius 1 is 0.889 bits per heavy atom. The first-order valence-electron chi connectivity index (χ1n) is 8.12. The van der Waals surface area contributed by atoms with Crippen LogP contribution in [-0.4, -0.2) is 75.8 Å². The van der Waals surface area contributed by atoms with Crippen LogP contribution in [0.25, 0.3) is 0 Å². The lowest BCUT2D eigenvalue weighted by molar-refractivity contribution is -0.143. The molecule has 154 valence electrons. The molecule has 0 aromatic rings. The standard InChI is InChI=1S/C15H26N4O8/c1-6(2)11(19-13(24)8(16)4-10(21)22)14(25)17-7(3)12(23)18-9(5-20)15(26)27/h6-9,11,20H,4-5,16H2,1-3H3,(H,17,25)(H,18,23)(H,19,24)(H,21,22)(H,26,27). The van der Waals surface area contributed by atoms with Crippen LogP contribution in [0, 0.1) is 5.92 Å². The van der Waals surface area contributed by atoms with E-state index in [0.717, 1.165) is 0 Å². The normalized spacial score (nSPS) is 15.2. The van der Waals surface area contributed by atoms with Crippen LogP contribution in [0.5, 0.6) is 0 Å². The van der Waals surface area contributed by atoms with Crippen molar-refractivity contribution >= 4 is 29.7 Å². The molecule has 27 heavy (non-hydrogen) atoms. The largest absolute Gasteiger partial charge is 0.481 e. The van der Waals surface area contributed by atoms with Gasteiger partial charge in [-0.3, -0.25) is 19.2 Å². The summed E-state index contributed by atoms with van der Waals surface area (Å²) in [5.74, 6) is -5.55. The number of aliphatic carboxylic acids is 2. The molecule has 4 unspecified atom stereocenters. The van der Waals surface area contributed by atoms with E-state index in [0.29, 0.717) is 0 Å². The van der Waals surface area contributed by atoms with Gasteiger partial charge in [0.1, 0.15) is 18.1 Å². The molecule has 4 atom stereocenters. The zero-order chi connectivity index (χ0) is 21.3. The van der Waals surface area contributed by atoms with Crippen molar-refractivity contribution in [3.8, 4) is 0 Å². The number of carbonyl (C=O) groups is 5. The topological polar surface area (TPSA) is 208 Å². The first kappa shape index (κ1) is 24.3. The van der Waals surface area contributed by atoms with E-state index in [1.54, 1.807) is 13.8 Å². The fourth-order valence-corrected chi connectivity index (χ4v) is 1.93. The summed E-state index contributed by atoms with van der Waals surface area (Å²) in [6.45, 7) is 3.70. The Morgan fingerprint density at radius 2 is 1.44 bits per heavy atom. The highest BCUT2D eigenvalue weighted by molar-refractivity contribution is 5.94. The Balaban J connectivity index is 4.92. The molecule has 0 rings (SSSR count). The third kappa shape index (κ3) is 8.46. The minimum atomic E-state index is -1.52. The minimum absolute atomic E-state index is 0.412. The highest BCUT2D eigenvalue weighted by atomic mass is 16.4. The lowest BCUT2D eigenvalue weighted by Crippen LogP contribution is -2.58. The second kappa shape index (κ2) is 11.1. The monoisotopic (exact) mass is 390 g/mol. The third-order valence-electron chi connectivity index (χ3n) is 3.53. The molecular weight excluding hydrogens is 364 g/mol. The smallest absolute Gasteiger partial charge is 0.328 e. The summed E-state index contributed by atoms with van der Waals surface area (Å²) in [5.41, 5.74) is 5.45. The van der Waals surface area contributed by atoms with E-state index in [4.69, 9.17) is 21.1 Å². The van der Waals surface area contributed by atoms with Crippen molar-refractivity contribution in [1.82, 2.24) is 16.0 Å². The van der Waals surface area contributed by atoms with Gasteiger partial charge < -0.3 is 37.0 Å². The zero-order valence-electron chi connectivity index (χ0n) is 15.3. The summed E-state index contributed by atoms with van der Waals surface area (Å²) in [6.07, 6.45) is -0.616. The predicted molar refractivity (Wildman–Crippen MR) is 91.3 cm³/mol. The molecule has 8 N–H and O–H groups in total. The number of nitrogens with two attached hydrogens (primary N) is 1. The SMILES string of the molecule is CC(NC(=O)C(NC(=O)C(N)CC(=O)O)C(C)C)C(=O)NC(CO)C(=O)O. The lowest BCUT2D eigenvalue weighted by atomic mass is 10.0. The highest BCUT2D eigenvalue weighted by Gasteiger charge is 2.30. The van der Waals surface area contributed by atoms with Gasteiger partial charge >= 0.3 is 11.9 Å². The van der Waals surface area contributed by atoms with E-state index < -0.39 is 72.8 Å². The predicted octanol–water partition coefficient (Wildman–Crippen LogP) is -3.00. The van der Waals surface area contributed by atoms with Crippen molar-refractivity contribution < 1.29 is 39.3 Å². The zero-order valence-corrected chi connectivity index (χ0v) is 15.3. The van der Waals surface area contributed by atoms with Gasteiger partial charge in [-0.1, -0.05) is 13.8 Å². The number of aliphatic hydroxyl groups excluding tert-OH is 1. The number of hydrogen-bond acceptors (Lipinski definition) is 7. The molecule has 0 heterocycles. The van der Waals surface area contributed by atoms with Crippen LogP contribution >= 0.6 is 0 Å². The van der Waals surface area contributed by atoms with Gasteiger partial charge in [0.05, 0.1) is 19.1 Å². The molecule has 12 nitrogen and oxygen atoms in total. The summed E-state index contributed by atoms with van der Waals surface area (Å²) in [4.78, 5) is 57.6. The van der Waals surface area contributed by atoms with Gasteiger partial charge in [-0.05, 0) is 12.8 Å². The van der Waals surface area contributed by atoms with Gasteiger partial charge in [0, 0.05) is 0 Å². The van der Waals surface area contributed by atoms with Crippen LogP contribution < -0.4 is 21.7 Å².